The molecular weight excluding hydrogens is 334 g/mol. The first-order valence-electron chi connectivity index (χ1n) is 6.26. The van der Waals surface area contributed by atoms with Gasteiger partial charge >= 0.3 is 0 Å². The first-order valence-corrected chi connectivity index (χ1v) is 9.75. The van der Waals surface area contributed by atoms with Crippen molar-refractivity contribution < 1.29 is 8.42 Å². The Morgan fingerprint density at radius 1 is 1.20 bits per heavy atom. The van der Waals surface area contributed by atoms with Crippen LogP contribution in [0.2, 0.25) is 4.34 Å². The summed E-state index contributed by atoms with van der Waals surface area (Å²) in [6.45, 7) is 3.87. The third-order valence-corrected chi connectivity index (χ3v) is 7.31. The van der Waals surface area contributed by atoms with Crippen LogP contribution in [0.15, 0.2) is 28.5 Å². The van der Waals surface area contributed by atoms with Gasteiger partial charge in [-0.1, -0.05) is 18.5 Å². The molecule has 0 amide bonds. The third kappa shape index (κ3) is 4.05. The van der Waals surface area contributed by atoms with Crippen molar-refractivity contribution >= 4 is 44.3 Å². The van der Waals surface area contributed by atoms with Crippen molar-refractivity contribution in [2.24, 2.45) is 0 Å². The zero-order valence-electron chi connectivity index (χ0n) is 11.2. The molecule has 3 nitrogen and oxygen atoms in total. The molecule has 0 aromatic carbocycles. The van der Waals surface area contributed by atoms with Crippen LogP contribution in [0.4, 0.5) is 0 Å². The van der Waals surface area contributed by atoms with Gasteiger partial charge in [0.1, 0.15) is 4.21 Å². The van der Waals surface area contributed by atoms with Crippen LogP contribution in [0.3, 0.4) is 0 Å². The van der Waals surface area contributed by atoms with Gasteiger partial charge in [0.15, 0.2) is 0 Å². The van der Waals surface area contributed by atoms with E-state index in [0.717, 1.165) is 20.5 Å². The van der Waals surface area contributed by atoms with Gasteiger partial charge in [0, 0.05) is 15.8 Å². The average Bonchev–Trinajstić information content (AvgIpc) is 2.97. The van der Waals surface area contributed by atoms with E-state index in [1.165, 1.54) is 22.7 Å². The molecule has 2 aromatic heterocycles. The fourth-order valence-corrected chi connectivity index (χ4v) is 5.59. The van der Waals surface area contributed by atoms with Crippen molar-refractivity contribution in [3.63, 3.8) is 0 Å². The van der Waals surface area contributed by atoms with Crippen LogP contribution in [0.25, 0.3) is 0 Å². The van der Waals surface area contributed by atoms with Crippen molar-refractivity contribution in [1.82, 2.24) is 4.72 Å². The number of rotatable bonds is 6. The number of hydrogen-bond acceptors (Lipinski definition) is 4. The molecule has 0 aliphatic heterocycles. The highest BCUT2D eigenvalue weighted by atomic mass is 35.5. The Balaban J connectivity index is 2.04. The highest BCUT2D eigenvalue weighted by Crippen LogP contribution is 2.24. The second-order valence-electron chi connectivity index (χ2n) is 4.51. The Kier molecular flexibility index (Phi) is 5.25. The van der Waals surface area contributed by atoms with Gasteiger partial charge in [-0.2, -0.15) is 0 Å². The van der Waals surface area contributed by atoms with E-state index in [2.05, 4.69) is 4.72 Å². The molecular formula is C13H16ClNO2S3. The summed E-state index contributed by atoms with van der Waals surface area (Å²) in [6.07, 6.45) is 1.49. The Morgan fingerprint density at radius 3 is 2.45 bits per heavy atom. The number of sulfonamides is 1. The van der Waals surface area contributed by atoms with Gasteiger partial charge < -0.3 is 0 Å². The molecule has 1 atom stereocenters. The molecule has 0 spiro atoms. The minimum atomic E-state index is -3.42. The first kappa shape index (κ1) is 16.0. The molecule has 1 N–H and O–H groups in total. The molecule has 20 heavy (non-hydrogen) atoms. The summed E-state index contributed by atoms with van der Waals surface area (Å²) in [7, 11) is -3.42. The summed E-state index contributed by atoms with van der Waals surface area (Å²) in [6, 6.07) is 7.12. The van der Waals surface area contributed by atoms with Gasteiger partial charge in [0.2, 0.25) is 10.0 Å². The van der Waals surface area contributed by atoms with Crippen LogP contribution in [-0.4, -0.2) is 14.5 Å². The largest absolute Gasteiger partial charge is 0.250 e. The van der Waals surface area contributed by atoms with Crippen molar-refractivity contribution in [2.45, 2.75) is 36.9 Å². The monoisotopic (exact) mass is 349 g/mol. The van der Waals surface area contributed by atoms with Crippen LogP contribution in [0.1, 0.15) is 23.6 Å². The van der Waals surface area contributed by atoms with Crippen LogP contribution in [0, 0.1) is 0 Å². The van der Waals surface area contributed by atoms with Crippen molar-refractivity contribution in [3.05, 3.63) is 38.4 Å². The summed E-state index contributed by atoms with van der Waals surface area (Å²) < 4.78 is 28.3. The lowest BCUT2D eigenvalue weighted by atomic mass is 10.2. The topological polar surface area (TPSA) is 46.2 Å². The maximum Gasteiger partial charge on any atom is 0.250 e. The number of aryl methyl sites for hydroxylation is 1. The Morgan fingerprint density at radius 2 is 1.90 bits per heavy atom. The van der Waals surface area contributed by atoms with Crippen LogP contribution >= 0.6 is 34.3 Å². The molecule has 0 aliphatic rings. The van der Waals surface area contributed by atoms with Gasteiger partial charge in [-0.15, -0.1) is 22.7 Å². The second kappa shape index (κ2) is 6.58. The Labute approximate surface area is 132 Å². The number of halogens is 1. The van der Waals surface area contributed by atoms with E-state index in [9.17, 15) is 8.42 Å². The van der Waals surface area contributed by atoms with Crippen LogP contribution in [0.5, 0.6) is 0 Å². The average molecular weight is 350 g/mol. The van der Waals surface area contributed by atoms with E-state index in [1.54, 1.807) is 6.07 Å². The minimum absolute atomic E-state index is 0.165. The predicted octanol–water partition coefficient (Wildman–Crippen LogP) is 3.93. The standard InChI is InChI=1S/C13H16ClNO2S3/c1-3-10-5-7-13(19-10)20(16,17)15-9(2)8-11-4-6-12(14)18-11/h4-7,9,15H,3,8H2,1-2H3. The molecule has 2 aromatic rings. The molecule has 110 valence electrons. The zero-order valence-corrected chi connectivity index (χ0v) is 14.4. The molecule has 7 heteroatoms. The van der Waals surface area contributed by atoms with Gasteiger partial charge in [-0.25, -0.2) is 13.1 Å². The maximum absolute atomic E-state index is 12.2. The molecule has 0 saturated carbocycles. The maximum atomic E-state index is 12.2. The number of nitrogens with one attached hydrogen (secondary N) is 1. The number of thiophene rings is 2. The number of hydrogen-bond donors (Lipinski definition) is 1. The van der Waals surface area contributed by atoms with E-state index < -0.39 is 10.0 Å². The van der Waals surface area contributed by atoms with E-state index in [0.29, 0.717) is 10.6 Å². The second-order valence-corrected chi connectivity index (χ2v) is 9.42. The summed E-state index contributed by atoms with van der Waals surface area (Å²) >= 11 is 8.68. The molecule has 2 heterocycles. The summed E-state index contributed by atoms with van der Waals surface area (Å²) in [4.78, 5) is 2.15. The highest BCUT2D eigenvalue weighted by Gasteiger charge is 2.19. The molecule has 0 radical (unpaired) electrons. The minimum Gasteiger partial charge on any atom is -0.207 e. The van der Waals surface area contributed by atoms with E-state index >= 15 is 0 Å². The van der Waals surface area contributed by atoms with Gasteiger partial charge in [-0.3, -0.25) is 0 Å². The van der Waals surface area contributed by atoms with Crippen LogP contribution in [-0.2, 0) is 22.9 Å². The summed E-state index contributed by atoms with van der Waals surface area (Å²) in [5, 5.41) is 0. The van der Waals surface area contributed by atoms with Crippen molar-refractivity contribution in [2.75, 3.05) is 0 Å². The summed E-state index contributed by atoms with van der Waals surface area (Å²) in [5.74, 6) is 0. The predicted molar refractivity (Wildman–Crippen MR) is 86.5 cm³/mol. The lowest BCUT2D eigenvalue weighted by Gasteiger charge is -2.12. The summed E-state index contributed by atoms with van der Waals surface area (Å²) in [5.41, 5.74) is 0. The smallest absolute Gasteiger partial charge is 0.207 e. The molecule has 2 rings (SSSR count). The van der Waals surface area contributed by atoms with Gasteiger partial charge in [0.05, 0.1) is 4.34 Å². The van der Waals surface area contributed by atoms with Gasteiger partial charge in [0.25, 0.3) is 0 Å². The lowest BCUT2D eigenvalue weighted by molar-refractivity contribution is 0.563. The quantitative estimate of drug-likeness (QED) is 0.858. The fraction of sp³-hybridized carbons (Fsp3) is 0.385. The molecule has 0 fully saturated rings. The third-order valence-electron chi connectivity index (χ3n) is 2.74. The molecule has 0 saturated heterocycles. The van der Waals surface area contributed by atoms with Crippen molar-refractivity contribution in [3.8, 4) is 0 Å². The highest BCUT2D eigenvalue weighted by molar-refractivity contribution is 7.91. The lowest BCUT2D eigenvalue weighted by Crippen LogP contribution is -2.33. The van der Waals surface area contributed by atoms with E-state index in [-0.39, 0.29) is 6.04 Å². The molecule has 0 aliphatic carbocycles. The van der Waals surface area contributed by atoms with E-state index in [1.807, 2.05) is 32.0 Å². The van der Waals surface area contributed by atoms with Crippen LogP contribution < -0.4 is 4.72 Å². The SMILES string of the molecule is CCc1ccc(S(=O)(=O)NC(C)Cc2ccc(Cl)s2)s1. The van der Waals surface area contributed by atoms with Crippen molar-refractivity contribution in [1.29, 1.82) is 0 Å². The normalized spacial score (nSPS) is 13.6. The van der Waals surface area contributed by atoms with Gasteiger partial charge in [-0.05, 0) is 44.0 Å². The fourth-order valence-electron chi connectivity index (χ4n) is 1.82. The first-order chi connectivity index (χ1) is 9.40. The van der Waals surface area contributed by atoms with E-state index in [4.69, 9.17) is 11.6 Å². The molecule has 0 bridgehead atoms. The Bertz CT molecular complexity index is 675. The Hall–Kier alpha value is -0.400. The molecule has 1 unspecified atom stereocenters. The zero-order chi connectivity index (χ0) is 14.8.